The molecule has 112 valence electrons. The lowest BCUT2D eigenvalue weighted by Crippen LogP contribution is -2.28. The van der Waals surface area contributed by atoms with Crippen molar-refractivity contribution in [1.29, 1.82) is 0 Å². The van der Waals surface area contributed by atoms with Gasteiger partial charge in [0.15, 0.2) is 0 Å². The van der Waals surface area contributed by atoms with Crippen LogP contribution in [-0.2, 0) is 9.53 Å². The van der Waals surface area contributed by atoms with Gasteiger partial charge in [0.25, 0.3) is 5.91 Å². The van der Waals surface area contributed by atoms with E-state index in [2.05, 4.69) is 21.6 Å². The van der Waals surface area contributed by atoms with E-state index in [1.165, 1.54) is 24.4 Å². The lowest BCUT2D eigenvalue weighted by molar-refractivity contribution is -0.140. The maximum absolute atomic E-state index is 12.2. The van der Waals surface area contributed by atoms with Crippen LogP contribution in [0, 0.1) is 11.8 Å². The highest BCUT2D eigenvalue weighted by atomic mass is 16.5. The molecule has 0 unspecified atom stereocenters. The summed E-state index contributed by atoms with van der Waals surface area (Å²) in [5.74, 6) is 4.71. The molecular formula is C15H18N2O4. The zero-order valence-electron chi connectivity index (χ0n) is 12.1. The number of methoxy groups -OCH3 is 1. The van der Waals surface area contributed by atoms with Crippen molar-refractivity contribution in [3.63, 3.8) is 0 Å². The summed E-state index contributed by atoms with van der Waals surface area (Å²) in [4.78, 5) is 28.7. The molecule has 6 heteroatoms. The summed E-state index contributed by atoms with van der Waals surface area (Å²) < 4.78 is 4.54. The first-order valence-electron chi connectivity index (χ1n) is 6.45. The number of aliphatic hydroxyl groups excluding tert-OH is 1. The monoisotopic (exact) mass is 290 g/mol. The van der Waals surface area contributed by atoms with Crippen molar-refractivity contribution in [2.75, 3.05) is 27.3 Å². The number of carbonyl (C=O) groups is 2. The topological polar surface area (TPSA) is 79.7 Å². The first kappa shape index (κ1) is 16.7. The van der Waals surface area contributed by atoms with Crippen LogP contribution in [0.5, 0.6) is 0 Å². The molecule has 0 saturated carbocycles. The van der Waals surface area contributed by atoms with Crippen molar-refractivity contribution in [3.05, 3.63) is 29.6 Å². The molecule has 0 atom stereocenters. The Morgan fingerprint density at radius 1 is 1.43 bits per heavy atom. The van der Waals surface area contributed by atoms with Crippen molar-refractivity contribution in [2.45, 2.75) is 12.8 Å². The summed E-state index contributed by atoms with van der Waals surface area (Å²) in [7, 11) is 2.99. The number of nitrogens with zero attached hydrogens (tertiary/aromatic N) is 2. The van der Waals surface area contributed by atoms with Gasteiger partial charge in [0.2, 0.25) is 0 Å². The van der Waals surface area contributed by atoms with Crippen LogP contribution in [-0.4, -0.2) is 54.2 Å². The minimum absolute atomic E-state index is 0.194. The minimum atomic E-state index is -0.293. The van der Waals surface area contributed by atoms with Crippen LogP contribution in [0.15, 0.2) is 18.5 Å². The summed E-state index contributed by atoms with van der Waals surface area (Å²) in [6.45, 7) is 0.200. The van der Waals surface area contributed by atoms with Gasteiger partial charge in [-0.05, 0) is 12.5 Å². The van der Waals surface area contributed by atoms with E-state index in [1.54, 1.807) is 13.1 Å². The molecule has 1 aromatic heterocycles. The second-order valence-electron chi connectivity index (χ2n) is 4.33. The van der Waals surface area contributed by atoms with Gasteiger partial charge in [-0.25, -0.2) is 0 Å². The van der Waals surface area contributed by atoms with E-state index in [0.29, 0.717) is 24.1 Å². The minimum Gasteiger partial charge on any atom is -0.469 e. The van der Waals surface area contributed by atoms with Crippen molar-refractivity contribution in [1.82, 2.24) is 9.88 Å². The third-order valence-corrected chi connectivity index (χ3v) is 2.75. The smallest absolute Gasteiger partial charge is 0.305 e. The third kappa shape index (κ3) is 5.63. The molecule has 0 aliphatic heterocycles. The van der Waals surface area contributed by atoms with Crippen molar-refractivity contribution in [2.24, 2.45) is 0 Å². The van der Waals surface area contributed by atoms with E-state index in [4.69, 9.17) is 5.11 Å². The Morgan fingerprint density at radius 3 is 2.86 bits per heavy atom. The second-order valence-corrected chi connectivity index (χ2v) is 4.33. The fourth-order valence-electron chi connectivity index (χ4n) is 1.65. The molecule has 0 aliphatic rings. The Morgan fingerprint density at radius 2 is 2.19 bits per heavy atom. The van der Waals surface area contributed by atoms with E-state index in [1.807, 2.05) is 0 Å². The highest BCUT2D eigenvalue weighted by Gasteiger charge is 2.12. The Kier molecular flexibility index (Phi) is 6.92. The van der Waals surface area contributed by atoms with E-state index >= 15 is 0 Å². The molecule has 21 heavy (non-hydrogen) atoms. The molecule has 1 rings (SSSR count). The van der Waals surface area contributed by atoms with Crippen molar-refractivity contribution >= 4 is 11.9 Å². The molecule has 6 nitrogen and oxygen atoms in total. The highest BCUT2D eigenvalue weighted by molar-refractivity contribution is 5.94. The predicted molar refractivity (Wildman–Crippen MR) is 76.4 cm³/mol. The van der Waals surface area contributed by atoms with Crippen LogP contribution >= 0.6 is 0 Å². The van der Waals surface area contributed by atoms with Gasteiger partial charge in [-0.2, -0.15) is 0 Å². The standard InChI is InChI=1S/C15H18N2O4/c1-17(7-3-6-14(19)21-2)15(20)13-9-12(5-4-8-18)10-16-11-13/h9-11,18H,3,6-8H2,1-2H3. The van der Waals surface area contributed by atoms with Crippen LogP contribution in [0.25, 0.3) is 0 Å². The Labute approximate surface area is 123 Å². The predicted octanol–water partition coefficient (Wildman–Crippen LogP) is 0.451. The van der Waals surface area contributed by atoms with Crippen LogP contribution in [0.3, 0.4) is 0 Å². The number of pyridine rings is 1. The molecule has 0 fully saturated rings. The summed E-state index contributed by atoms with van der Waals surface area (Å²) in [5.41, 5.74) is 0.984. The first-order valence-corrected chi connectivity index (χ1v) is 6.45. The van der Waals surface area contributed by atoms with Gasteiger partial charge in [0.1, 0.15) is 6.61 Å². The number of aliphatic hydroxyl groups is 1. The molecule has 0 aliphatic carbocycles. The molecule has 1 N–H and O–H groups in total. The molecule has 1 aromatic rings. The Bertz CT molecular complexity index is 560. The van der Waals surface area contributed by atoms with E-state index in [0.717, 1.165) is 0 Å². The summed E-state index contributed by atoms with van der Waals surface area (Å²) >= 11 is 0. The van der Waals surface area contributed by atoms with Gasteiger partial charge < -0.3 is 14.7 Å². The molecule has 0 radical (unpaired) electrons. The maximum atomic E-state index is 12.2. The number of amides is 1. The average molecular weight is 290 g/mol. The second kappa shape index (κ2) is 8.72. The number of hydrogen-bond acceptors (Lipinski definition) is 5. The van der Waals surface area contributed by atoms with Gasteiger partial charge in [0, 0.05) is 38.0 Å². The normalized spacial score (nSPS) is 9.48. The SMILES string of the molecule is COC(=O)CCCN(C)C(=O)c1cncc(C#CCO)c1. The number of aromatic nitrogens is 1. The van der Waals surface area contributed by atoms with Gasteiger partial charge in [-0.15, -0.1) is 0 Å². The van der Waals surface area contributed by atoms with Gasteiger partial charge in [0.05, 0.1) is 12.7 Å². The first-order chi connectivity index (χ1) is 10.1. The number of esters is 1. The molecule has 0 aromatic carbocycles. The van der Waals surface area contributed by atoms with Crippen LogP contribution in [0.4, 0.5) is 0 Å². The number of ether oxygens (including phenoxy) is 1. The third-order valence-electron chi connectivity index (χ3n) is 2.75. The summed E-state index contributed by atoms with van der Waals surface area (Å²) in [5, 5.41) is 8.65. The fourth-order valence-corrected chi connectivity index (χ4v) is 1.65. The molecule has 0 bridgehead atoms. The van der Waals surface area contributed by atoms with Gasteiger partial charge in [-0.3, -0.25) is 14.6 Å². The number of rotatable bonds is 5. The van der Waals surface area contributed by atoms with Crippen molar-refractivity contribution in [3.8, 4) is 11.8 Å². The largest absolute Gasteiger partial charge is 0.469 e. The fraction of sp³-hybridized carbons (Fsp3) is 0.400. The average Bonchev–Trinajstić information content (AvgIpc) is 2.52. The summed E-state index contributed by atoms with van der Waals surface area (Å²) in [6.07, 6.45) is 3.79. The lowest BCUT2D eigenvalue weighted by Gasteiger charge is -2.16. The Hall–Kier alpha value is -2.39. The van der Waals surface area contributed by atoms with Gasteiger partial charge in [-0.1, -0.05) is 11.8 Å². The quantitative estimate of drug-likeness (QED) is 0.629. The zero-order chi connectivity index (χ0) is 15.7. The van der Waals surface area contributed by atoms with Crippen LogP contribution < -0.4 is 0 Å². The maximum Gasteiger partial charge on any atom is 0.305 e. The number of carbonyl (C=O) groups excluding carboxylic acids is 2. The van der Waals surface area contributed by atoms with E-state index in [-0.39, 0.29) is 24.9 Å². The van der Waals surface area contributed by atoms with Crippen LogP contribution in [0.2, 0.25) is 0 Å². The summed E-state index contributed by atoms with van der Waals surface area (Å²) in [6, 6.07) is 1.62. The van der Waals surface area contributed by atoms with Crippen LogP contribution in [0.1, 0.15) is 28.8 Å². The molecular weight excluding hydrogens is 272 g/mol. The zero-order valence-corrected chi connectivity index (χ0v) is 12.1. The molecule has 1 amide bonds. The molecule has 0 saturated heterocycles. The van der Waals surface area contributed by atoms with Crippen molar-refractivity contribution < 1.29 is 19.4 Å². The number of hydrogen-bond donors (Lipinski definition) is 1. The molecule has 1 heterocycles. The van der Waals surface area contributed by atoms with Gasteiger partial charge >= 0.3 is 5.97 Å². The Balaban J connectivity index is 2.63. The molecule has 0 spiro atoms. The van der Waals surface area contributed by atoms with E-state index < -0.39 is 0 Å². The van der Waals surface area contributed by atoms with E-state index in [9.17, 15) is 9.59 Å². The highest BCUT2D eigenvalue weighted by Crippen LogP contribution is 2.06. The lowest BCUT2D eigenvalue weighted by atomic mass is 10.2.